The highest BCUT2D eigenvalue weighted by Crippen LogP contribution is 2.38. The molecule has 0 radical (unpaired) electrons. The van der Waals surface area contributed by atoms with Crippen molar-refractivity contribution < 1.29 is 14.4 Å². The molecule has 27 heavy (non-hydrogen) atoms. The van der Waals surface area contributed by atoms with Gasteiger partial charge in [-0.05, 0) is 25.0 Å². The van der Waals surface area contributed by atoms with E-state index in [0.29, 0.717) is 37.4 Å². The molecule has 8 heteroatoms. The molecule has 7 nitrogen and oxygen atoms in total. The Morgan fingerprint density at radius 1 is 1.26 bits per heavy atom. The summed E-state index contributed by atoms with van der Waals surface area (Å²) in [6.07, 6.45) is 4.76. The Labute approximate surface area is 155 Å². The minimum atomic E-state index is -0.462. The zero-order valence-electron chi connectivity index (χ0n) is 15.1. The van der Waals surface area contributed by atoms with Gasteiger partial charge in [-0.25, -0.2) is 4.39 Å². The maximum atomic E-state index is 14.9. The molecule has 1 saturated heterocycles. The smallest absolute Gasteiger partial charge is 0.219 e. The number of aromatic nitrogens is 1. The number of pyridine rings is 1. The van der Waals surface area contributed by atoms with Crippen LogP contribution >= 0.6 is 0 Å². The molecule has 2 heterocycles. The third kappa shape index (κ3) is 3.15. The normalized spacial score (nSPS) is 17.9. The van der Waals surface area contributed by atoms with Crippen LogP contribution in [0.1, 0.15) is 31.4 Å². The Balaban J connectivity index is 1.79. The summed E-state index contributed by atoms with van der Waals surface area (Å²) in [7, 11) is 0. The lowest BCUT2D eigenvalue weighted by atomic mass is 10.1. The van der Waals surface area contributed by atoms with Gasteiger partial charge in [-0.3, -0.25) is 9.59 Å². The molecule has 2 fully saturated rings. The van der Waals surface area contributed by atoms with Crippen molar-refractivity contribution in [3.8, 4) is 0 Å². The molecule has 1 amide bonds. The number of amides is 1. The van der Waals surface area contributed by atoms with Crippen LogP contribution in [0.3, 0.4) is 0 Å². The van der Waals surface area contributed by atoms with Crippen molar-refractivity contribution in [2.75, 3.05) is 31.1 Å². The van der Waals surface area contributed by atoms with Crippen LogP contribution in [0.2, 0.25) is 0 Å². The molecular weight excluding hydrogens is 351 g/mol. The Bertz CT molecular complexity index is 989. The second kappa shape index (κ2) is 6.68. The molecule has 1 saturated carbocycles. The zero-order valence-corrected chi connectivity index (χ0v) is 15.1. The van der Waals surface area contributed by atoms with Crippen LogP contribution in [0.5, 0.6) is 0 Å². The standard InChI is InChI=1S/C19H21FN4O3/c1-12(25)22-4-6-23(7-5-22)18-9-17-15(8-16(18)20)19(26)13(10-21-27)11-24(17)14-2-3-14/h8-11,14,27H,2-7H2,1H3/b21-10+. The summed E-state index contributed by atoms with van der Waals surface area (Å²) in [6, 6.07) is 3.28. The number of halogens is 1. The second-order valence-corrected chi connectivity index (χ2v) is 7.11. The fourth-order valence-electron chi connectivity index (χ4n) is 3.69. The first-order chi connectivity index (χ1) is 13.0. The van der Waals surface area contributed by atoms with Crippen LogP contribution in [-0.2, 0) is 4.79 Å². The first kappa shape index (κ1) is 17.5. The van der Waals surface area contributed by atoms with Crippen molar-refractivity contribution in [2.45, 2.75) is 25.8 Å². The predicted molar refractivity (Wildman–Crippen MR) is 100 cm³/mol. The molecule has 0 spiro atoms. The van der Waals surface area contributed by atoms with Gasteiger partial charge in [-0.2, -0.15) is 0 Å². The Kier molecular flexibility index (Phi) is 4.33. The fourth-order valence-corrected chi connectivity index (χ4v) is 3.69. The average molecular weight is 372 g/mol. The third-order valence-corrected chi connectivity index (χ3v) is 5.33. The van der Waals surface area contributed by atoms with Crippen LogP contribution < -0.4 is 10.3 Å². The largest absolute Gasteiger partial charge is 0.411 e. The van der Waals surface area contributed by atoms with Gasteiger partial charge in [-0.1, -0.05) is 5.16 Å². The topological polar surface area (TPSA) is 78.1 Å². The summed E-state index contributed by atoms with van der Waals surface area (Å²) in [5.74, 6) is -0.439. The Morgan fingerprint density at radius 3 is 2.56 bits per heavy atom. The fraction of sp³-hybridized carbons (Fsp3) is 0.421. The van der Waals surface area contributed by atoms with Crippen LogP contribution in [-0.4, -0.2) is 53.0 Å². The molecule has 2 aromatic rings. The third-order valence-electron chi connectivity index (χ3n) is 5.33. The number of carbonyl (C=O) groups excluding carboxylic acids is 1. The van der Waals surface area contributed by atoms with Crippen LogP contribution in [0.25, 0.3) is 10.9 Å². The van der Waals surface area contributed by atoms with Gasteiger partial charge in [0, 0.05) is 50.7 Å². The molecule has 1 aliphatic heterocycles. The number of benzene rings is 1. The van der Waals surface area contributed by atoms with E-state index in [9.17, 15) is 14.0 Å². The monoisotopic (exact) mass is 372 g/mol. The van der Waals surface area contributed by atoms with Crippen molar-refractivity contribution in [1.29, 1.82) is 0 Å². The maximum Gasteiger partial charge on any atom is 0.219 e. The van der Waals surface area contributed by atoms with E-state index in [1.54, 1.807) is 17.2 Å². The number of hydrogen-bond donors (Lipinski definition) is 1. The summed E-state index contributed by atoms with van der Waals surface area (Å²) >= 11 is 0. The average Bonchev–Trinajstić information content (AvgIpc) is 3.49. The van der Waals surface area contributed by atoms with Crippen LogP contribution in [0.4, 0.5) is 10.1 Å². The van der Waals surface area contributed by atoms with Crippen molar-refractivity contribution >= 4 is 28.7 Å². The molecule has 1 N–H and O–H groups in total. The highest BCUT2D eigenvalue weighted by molar-refractivity contribution is 5.90. The number of hydrogen-bond acceptors (Lipinski definition) is 5. The maximum absolute atomic E-state index is 14.9. The van der Waals surface area contributed by atoms with E-state index in [4.69, 9.17) is 5.21 Å². The van der Waals surface area contributed by atoms with Gasteiger partial charge < -0.3 is 19.6 Å². The van der Waals surface area contributed by atoms with Gasteiger partial charge in [0.05, 0.1) is 23.0 Å². The van der Waals surface area contributed by atoms with Crippen molar-refractivity contribution in [2.24, 2.45) is 5.16 Å². The first-order valence-electron chi connectivity index (χ1n) is 9.06. The number of rotatable bonds is 3. The van der Waals surface area contributed by atoms with E-state index in [0.717, 1.165) is 19.1 Å². The van der Waals surface area contributed by atoms with Gasteiger partial charge in [0.2, 0.25) is 5.91 Å². The molecule has 0 unspecified atom stereocenters. The minimum Gasteiger partial charge on any atom is -0.411 e. The van der Waals surface area contributed by atoms with E-state index >= 15 is 0 Å². The lowest BCUT2D eigenvalue weighted by Gasteiger charge is -2.36. The number of piperazine rings is 1. The molecule has 4 rings (SSSR count). The summed E-state index contributed by atoms with van der Waals surface area (Å²) in [5.41, 5.74) is 1.01. The molecule has 0 atom stereocenters. The number of oxime groups is 1. The first-order valence-corrected chi connectivity index (χ1v) is 9.06. The molecule has 2 aliphatic rings. The van der Waals surface area contributed by atoms with Gasteiger partial charge in [0.15, 0.2) is 5.43 Å². The van der Waals surface area contributed by atoms with E-state index in [-0.39, 0.29) is 28.3 Å². The summed E-state index contributed by atoms with van der Waals surface area (Å²) in [4.78, 5) is 27.8. The molecular formula is C19H21FN4O3. The number of anilines is 1. The quantitative estimate of drug-likeness (QED) is 0.508. The molecule has 1 aromatic heterocycles. The lowest BCUT2D eigenvalue weighted by molar-refractivity contribution is -0.129. The van der Waals surface area contributed by atoms with E-state index < -0.39 is 5.82 Å². The van der Waals surface area contributed by atoms with Crippen molar-refractivity contribution in [3.63, 3.8) is 0 Å². The number of nitrogens with zero attached hydrogens (tertiary/aromatic N) is 4. The van der Waals surface area contributed by atoms with Crippen LogP contribution in [0, 0.1) is 5.82 Å². The molecule has 142 valence electrons. The highest BCUT2D eigenvalue weighted by atomic mass is 19.1. The summed E-state index contributed by atoms with van der Waals surface area (Å²) < 4.78 is 16.8. The van der Waals surface area contributed by atoms with E-state index in [2.05, 4.69) is 5.16 Å². The van der Waals surface area contributed by atoms with Gasteiger partial charge in [0.1, 0.15) is 5.82 Å². The summed E-state index contributed by atoms with van der Waals surface area (Å²) in [5, 5.41) is 12.0. The van der Waals surface area contributed by atoms with Gasteiger partial charge >= 0.3 is 0 Å². The van der Waals surface area contributed by atoms with Gasteiger partial charge in [-0.15, -0.1) is 0 Å². The molecule has 1 aliphatic carbocycles. The van der Waals surface area contributed by atoms with Crippen molar-refractivity contribution in [3.05, 3.63) is 39.9 Å². The minimum absolute atomic E-state index is 0.0225. The lowest BCUT2D eigenvalue weighted by Crippen LogP contribution is -2.48. The molecule has 1 aromatic carbocycles. The molecule has 0 bridgehead atoms. The Hall–Kier alpha value is -2.90. The number of carbonyl (C=O) groups is 1. The predicted octanol–water partition coefficient (Wildman–Crippen LogP) is 1.95. The summed E-state index contributed by atoms with van der Waals surface area (Å²) in [6.45, 7) is 3.73. The number of fused-ring (bicyclic) bond motifs is 1. The van der Waals surface area contributed by atoms with E-state index in [1.807, 2.05) is 9.47 Å². The second-order valence-electron chi connectivity index (χ2n) is 7.11. The zero-order chi connectivity index (χ0) is 19.1. The Morgan fingerprint density at radius 2 is 1.96 bits per heavy atom. The SMILES string of the molecule is CC(=O)N1CCN(c2cc3c(cc2F)c(=O)c(/C=N/O)cn3C2CC2)CC1. The highest BCUT2D eigenvalue weighted by Gasteiger charge is 2.27. The van der Waals surface area contributed by atoms with Gasteiger partial charge in [0.25, 0.3) is 0 Å². The van der Waals surface area contributed by atoms with Crippen molar-refractivity contribution in [1.82, 2.24) is 9.47 Å². The van der Waals surface area contributed by atoms with Crippen LogP contribution in [0.15, 0.2) is 28.3 Å². The van der Waals surface area contributed by atoms with E-state index in [1.165, 1.54) is 13.0 Å².